The Balaban J connectivity index is 1.47. The van der Waals surface area contributed by atoms with Gasteiger partial charge in [0.25, 0.3) is 0 Å². The molecule has 2 N–H and O–H groups in total. The first-order valence-corrected chi connectivity index (χ1v) is 9.18. The van der Waals surface area contributed by atoms with E-state index in [0.29, 0.717) is 12.5 Å². The van der Waals surface area contributed by atoms with Crippen LogP contribution in [0.5, 0.6) is 0 Å². The lowest BCUT2D eigenvalue weighted by Crippen LogP contribution is -2.36. The Morgan fingerprint density at radius 2 is 1.70 bits per heavy atom. The lowest BCUT2D eigenvalue weighted by Gasteiger charge is -2.30. The predicted octanol–water partition coefficient (Wildman–Crippen LogP) is 3.67. The molecule has 1 aromatic heterocycles. The van der Waals surface area contributed by atoms with Crippen molar-refractivity contribution >= 4 is 23.1 Å². The third-order valence-electron chi connectivity index (χ3n) is 4.47. The fourth-order valence-electron chi connectivity index (χ4n) is 3.09. The van der Waals surface area contributed by atoms with Crippen LogP contribution in [0, 0.1) is 0 Å². The molecule has 2 heterocycles. The number of nitrogens with zero attached hydrogens (tertiary/aromatic N) is 3. The number of rotatable bonds is 6. The summed E-state index contributed by atoms with van der Waals surface area (Å²) in [5, 5.41) is 6.71. The van der Waals surface area contributed by atoms with E-state index in [0.717, 1.165) is 37.8 Å². The second-order valence-electron chi connectivity index (χ2n) is 6.35. The SMILES string of the molecule is c1ccc(CNc2nccc(Nc3ccccc3N3CCOCC3)n2)cc1. The van der Waals surface area contributed by atoms with Gasteiger partial charge in [-0.15, -0.1) is 0 Å². The third-order valence-corrected chi connectivity index (χ3v) is 4.47. The molecule has 3 aromatic rings. The fourth-order valence-corrected chi connectivity index (χ4v) is 3.09. The molecule has 1 saturated heterocycles. The number of para-hydroxylation sites is 2. The second kappa shape index (κ2) is 8.51. The number of anilines is 4. The van der Waals surface area contributed by atoms with Crippen LogP contribution in [0.4, 0.5) is 23.1 Å². The molecule has 6 nitrogen and oxygen atoms in total. The Morgan fingerprint density at radius 1 is 0.926 bits per heavy atom. The van der Waals surface area contributed by atoms with E-state index in [1.807, 2.05) is 30.3 Å². The topological polar surface area (TPSA) is 62.3 Å². The molecular weight excluding hydrogens is 338 g/mol. The zero-order valence-electron chi connectivity index (χ0n) is 15.1. The van der Waals surface area contributed by atoms with Crippen LogP contribution >= 0.6 is 0 Å². The Kier molecular flexibility index (Phi) is 5.45. The van der Waals surface area contributed by atoms with E-state index in [2.05, 4.69) is 55.8 Å². The summed E-state index contributed by atoms with van der Waals surface area (Å²) in [6.07, 6.45) is 1.76. The number of ether oxygens (including phenoxy) is 1. The summed E-state index contributed by atoms with van der Waals surface area (Å²) in [5.74, 6) is 1.37. The highest BCUT2D eigenvalue weighted by Crippen LogP contribution is 2.28. The molecule has 0 amide bonds. The van der Waals surface area contributed by atoms with Crippen LogP contribution < -0.4 is 15.5 Å². The maximum Gasteiger partial charge on any atom is 0.224 e. The van der Waals surface area contributed by atoms with E-state index in [1.165, 1.54) is 11.3 Å². The minimum Gasteiger partial charge on any atom is -0.378 e. The van der Waals surface area contributed by atoms with Crippen molar-refractivity contribution in [2.75, 3.05) is 41.8 Å². The van der Waals surface area contributed by atoms with Crippen LogP contribution in [0.15, 0.2) is 66.9 Å². The minimum absolute atomic E-state index is 0.604. The molecule has 0 spiro atoms. The molecule has 0 aliphatic carbocycles. The van der Waals surface area contributed by atoms with Crippen LogP contribution in [0.1, 0.15) is 5.56 Å². The van der Waals surface area contributed by atoms with Crippen molar-refractivity contribution in [2.24, 2.45) is 0 Å². The molecule has 0 radical (unpaired) electrons. The monoisotopic (exact) mass is 361 g/mol. The zero-order chi connectivity index (χ0) is 18.3. The first-order chi connectivity index (χ1) is 13.4. The van der Waals surface area contributed by atoms with Crippen molar-refractivity contribution in [3.8, 4) is 0 Å². The van der Waals surface area contributed by atoms with Gasteiger partial charge in [-0.05, 0) is 23.8 Å². The predicted molar refractivity (Wildman–Crippen MR) is 109 cm³/mol. The molecule has 0 unspecified atom stereocenters. The van der Waals surface area contributed by atoms with Crippen LogP contribution in [0.2, 0.25) is 0 Å². The molecule has 138 valence electrons. The average Bonchev–Trinajstić information content (AvgIpc) is 2.74. The number of benzene rings is 2. The van der Waals surface area contributed by atoms with E-state index in [9.17, 15) is 0 Å². The molecule has 6 heteroatoms. The van der Waals surface area contributed by atoms with Crippen LogP contribution in [0.25, 0.3) is 0 Å². The number of hydrogen-bond acceptors (Lipinski definition) is 6. The van der Waals surface area contributed by atoms with Gasteiger partial charge in [0.15, 0.2) is 0 Å². The van der Waals surface area contributed by atoms with Crippen LogP contribution in [0.3, 0.4) is 0 Å². The van der Waals surface area contributed by atoms with Gasteiger partial charge in [-0.1, -0.05) is 42.5 Å². The van der Waals surface area contributed by atoms with Gasteiger partial charge in [-0.2, -0.15) is 4.98 Å². The lowest BCUT2D eigenvalue weighted by atomic mass is 10.2. The highest BCUT2D eigenvalue weighted by molar-refractivity contribution is 5.74. The summed E-state index contributed by atoms with van der Waals surface area (Å²) < 4.78 is 5.47. The van der Waals surface area contributed by atoms with Crippen molar-refractivity contribution in [3.05, 3.63) is 72.4 Å². The first kappa shape index (κ1) is 17.3. The van der Waals surface area contributed by atoms with Gasteiger partial charge < -0.3 is 20.3 Å². The van der Waals surface area contributed by atoms with Crippen molar-refractivity contribution in [1.29, 1.82) is 0 Å². The highest BCUT2D eigenvalue weighted by atomic mass is 16.5. The first-order valence-electron chi connectivity index (χ1n) is 9.18. The van der Waals surface area contributed by atoms with Gasteiger partial charge in [0.2, 0.25) is 5.95 Å². The van der Waals surface area contributed by atoms with E-state index < -0.39 is 0 Å². The largest absolute Gasteiger partial charge is 0.378 e. The zero-order valence-corrected chi connectivity index (χ0v) is 15.1. The number of morpholine rings is 1. The summed E-state index contributed by atoms with van der Waals surface area (Å²) >= 11 is 0. The minimum atomic E-state index is 0.604. The Hall–Kier alpha value is -3.12. The Bertz CT molecular complexity index is 865. The smallest absolute Gasteiger partial charge is 0.224 e. The third kappa shape index (κ3) is 4.54. The maximum atomic E-state index is 5.47. The molecule has 1 aliphatic rings. The van der Waals surface area contributed by atoms with E-state index >= 15 is 0 Å². The molecule has 27 heavy (non-hydrogen) atoms. The van der Waals surface area contributed by atoms with Gasteiger partial charge in [-0.3, -0.25) is 0 Å². The van der Waals surface area contributed by atoms with Crippen LogP contribution in [-0.4, -0.2) is 36.3 Å². The molecular formula is C21H23N5O. The van der Waals surface area contributed by atoms with E-state index in [1.54, 1.807) is 6.20 Å². The summed E-state index contributed by atoms with van der Waals surface area (Å²) in [4.78, 5) is 11.2. The fraction of sp³-hybridized carbons (Fsp3) is 0.238. The van der Waals surface area contributed by atoms with Gasteiger partial charge in [-0.25, -0.2) is 4.98 Å². The van der Waals surface area contributed by atoms with Crippen molar-refractivity contribution in [2.45, 2.75) is 6.54 Å². The van der Waals surface area contributed by atoms with E-state index in [4.69, 9.17) is 4.74 Å². The molecule has 2 aromatic carbocycles. The van der Waals surface area contributed by atoms with Crippen molar-refractivity contribution < 1.29 is 4.74 Å². The molecule has 1 fully saturated rings. The van der Waals surface area contributed by atoms with Gasteiger partial charge in [0, 0.05) is 25.8 Å². The van der Waals surface area contributed by atoms with E-state index in [-0.39, 0.29) is 0 Å². The molecule has 4 rings (SSSR count). The Morgan fingerprint density at radius 3 is 2.56 bits per heavy atom. The quantitative estimate of drug-likeness (QED) is 0.699. The highest BCUT2D eigenvalue weighted by Gasteiger charge is 2.14. The lowest BCUT2D eigenvalue weighted by molar-refractivity contribution is 0.123. The molecule has 0 bridgehead atoms. The summed E-state index contributed by atoms with van der Waals surface area (Å²) in [6, 6.07) is 20.4. The Labute approximate surface area is 159 Å². The van der Waals surface area contributed by atoms with Crippen molar-refractivity contribution in [3.63, 3.8) is 0 Å². The number of aromatic nitrogens is 2. The van der Waals surface area contributed by atoms with Gasteiger partial charge >= 0.3 is 0 Å². The number of nitrogens with one attached hydrogen (secondary N) is 2. The maximum absolute atomic E-state index is 5.47. The number of hydrogen-bond donors (Lipinski definition) is 2. The molecule has 0 saturated carbocycles. The second-order valence-corrected chi connectivity index (χ2v) is 6.35. The summed E-state index contributed by atoms with van der Waals surface area (Å²) in [7, 11) is 0. The summed E-state index contributed by atoms with van der Waals surface area (Å²) in [5.41, 5.74) is 3.39. The molecule has 0 atom stereocenters. The normalized spacial score (nSPS) is 14.0. The standard InChI is InChI=1S/C21H23N5O/c1-2-6-17(7-3-1)16-23-21-22-11-10-20(25-21)24-18-8-4-5-9-19(18)26-12-14-27-15-13-26/h1-11H,12-16H2,(H2,22,23,24,25). The average molecular weight is 361 g/mol. The molecule has 1 aliphatic heterocycles. The van der Waals surface area contributed by atoms with Crippen molar-refractivity contribution in [1.82, 2.24) is 9.97 Å². The van der Waals surface area contributed by atoms with Gasteiger partial charge in [0.05, 0.1) is 24.6 Å². The van der Waals surface area contributed by atoms with Crippen LogP contribution in [-0.2, 0) is 11.3 Å². The summed E-state index contributed by atoms with van der Waals surface area (Å²) in [6.45, 7) is 4.00. The van der Waals surface area contributed by atoms with Gasteiger partial charge in [0.1, 0.15) is 5.82 Å².